The van der Waals surface area contributed by atoms with Gasteiger partial charge in [-0.05, 0) is 18.6 Å². The number of hydrogen-bond acceptors (Lipinski definition) is 3. The van der Waals surface area contributed by atoms with Crippen LogP contribution in [0, 0.1) is 5.82 Å². The van der Waals surface area contributed by atoms with E-state index in [0.717, 1.165) is 57.3 Å². The number of piperazine rings is 1. The van der Waals surface area contributed by atoms with E-state index in [2.05, 4.69) is 14.8 Å². The molecule has 134 valence electrons. The lowest BCUT2D eigenvalue weighted by Gasteiger charge is -2.36. The van der Waals surface area contributed by atoms with Gasteiger partial charge < -0.3 is 14.7 Å². The minimum absolute atomic E-state index is 0.125. The molecular formula is C18H30FN5. The molecule has 0 atom stereocenters. The van der Waals surface area contributed by atoms with E-state index in [1.54, 1.807) is 6.07 Å². The van der Waals surface area contributed by atoms with Crippen LogP contribution < -0.4 is 4.90 Å². The fourth-order valence-corrected chi connectivity index (χ4v) is 3.08. The van der Waals surface area contributed by atoms with Gasteiger partial charge in [0.1, 0.15) is 5.82 Å². The fourth-order valence-electron chi connectivity index (χ4n) is 3.08. The molecule has 1 saturated heterocycles. The van der Waals surface area contributed by atoms with E-state index in [4.69, 9.17) is 0 Å². The Bertz CT molecular complexity index is 526. The molecule has 1 aromatic rings. The van der Waals surface area contributed by atoms with Gasteiger partial charge in [-0.1, -0.05) is 12.1 Å². The summed E-state index contributed by atoms with van der Waals surface area (Å²) >= 11 is 0. The Morgan fingerprint density at radius 3 is 2.25 bits per heavy atom. The Morgan fingerprint density at radius 1 is 1.04 bits per heavy atom. The summed E-state index contributed by atoms with van der Waals surface area (Å²) in [6, 6.07) is 7.04. The molecule has 24 heavy (non-hydrogen) atoms. The van der Waals surface area contributed by atoms with E-state index < -0.39 is 0 Å². The number of benzene rings is 1. The predicted molar refractivity (Wildman–Crippen MR) is 99.3 cm³/mol. The molecule has 6 heteroatoms. The second-order valence-corrected chi connectivity index (χ2v) is 6.60. The van der Waals surface area contributed by atoms with Gasteiger partial charge >= 0.3 is 0 Å². The van der Waals surface area contributed by atoms with Gasteiger partial charge in [0.15, 0.2) is 5.96 Å². The maximum atomic E-state index is 13.8. The third-order valence-electron chi connectivity index (χ3n) is 4.25. The number of rotatable bonds is 5. The van der Waals surface area contributed by atoms with Crippen molar-refractivity contribution >= 4 is 11.6 Å². The van der Waals surface area contributed by atoms with Crippen LogP contribution in [0.4, 0.5) is 10.1 Å². The number of nitrogens with zero attached hydrogens (tertiary/aromatic N) is 5. The highest BCUT2D eigenvalue weighted by Crippen LogP contribution is 2.20. The van der Waals surface area contributed by atoms with Crippen molar-refractivity contribution in [2.45, 2.75) is 6.42 Å². The second kappa shape index (κ2) is 8.87. The van der Waals surface area contributed by atoms with Crippen molar-refractivity contribution in [3.8, 4) is 0 Å². The van der Waals surface area contributed by atoms with Crippen LogP contribution in [0.2, 0.25) is 0 Å². The minimum atomic E-state index is -0.125. The van der Waals surface area contributed by atoms with Crippen molar-refractivity contribution in [2.24, 2.45) is 4.99 Å². The molecule has 0 aliphatic carbocycles. The number of anilines is 1. The SMILES string of the molecule is CN(C)C(=NCCCN1CCN(c2ccccc2F)CC1)N(C)C. The lowest BCUT2D eigenvalue weighted by Crippen LogP contribution is -2.47. The van der Waals surface area contributed by atoms with E-state index in [0.29, 0.717) is 0 Å². The van der Waals surface area contributed by atoms with Crippen LogP contribution in [0.3, 0.4) is 0 Å². The molecule has 0 bridgehead atoms. The number of halogens is 1. The predicted octanol–water partition coefficient (Wildman–Crippen LogP) is 1.82. The largest absolute Gasteiger partial charge is 0.367 e. The van der Waals surface area contributed by atoms with Crippen LogP contribution in [0.25, 0.3) is 0 Å². The van der Waals surface area contributed by atoms with Gasteiger partial charge in [0, 0.05) is 67.5 Å². The van der Waals surface area contributed by atoms with Crippen LogP contribution >= 0.6 is 0 Å². The molecule has 5 nitrogen and oxygen atoms in total. The molecule has 1 aliphatic rings. The Morgan fingerprint density at radius 2 is 1.67 bits per heavy atom. The van der Waals surface area contributed by atoms with Crippen molar-refractivity contribution in [3.63, 3.8) is 0 Å². The maximum Gasteiger partial charge on any atom is 0.195 e. The van der Waals surface area contributed by atoms with Gasteiger partial charge in [-0.15, -0.1) is 0 Å². The monoisotopic (exact) mass is 335 g/mol. The molecule has 0 radical (unpaired) electrons. The van der Waals surface area contributed by atoms with E-state index >= 15 is 0 Å². The average Bonchev–Trinajstić information content (AvgIpc) is 2.55. The Balaban J connectivity index is 1.74. The summed E-state index contributed by atoms with van der Waals surface area (Å²) in [5.41, 5.74) is 0.725. The Hall–Kier alpha value is -1.82. The zero-order valence-electron chi connectivity index (χ0n) is 15.4. The Labute approximate surface area is 145 Å². The highest BCUT2D eigenvalue weighted by Gasteiger charge is 2.18. The molecule has 2 rings (SSSR count). The molecular weight excluding hydrogens is 305 g/mol. The smallest absolute Gasteiger partial charge is 0.195 e. The van der Waals surface area contributed by atoms with Gasteiger partial charge in [0.25, 0.3) is 0 Å². The zero-order valence-corrected chi connectivity index (χ0v) is 15.4. The molecule has 0 spiro atoms. The first-order valence-electron chi connectivity index (χ1n) is 8.60. The van der Waals surface area contributed by atoms with Crippen molar-refractivity contribution in [2.75, 3.05) is 72.4 Å². The van der Waals surface area contributed by atoms with Gasteiger partial charge in [0.2, 0.25) is 0 Å². The highest BCUT2D eigenvalue weighted by molar-refractivity contribution is 5.79. The first-order chi connectivity index (χ1) is 11.5. The van der Waals surface area contributed by atoms with Crippen molar-refractivity contribution < 1.29 is 4.39 Å². The Kier molecular flexibility index (Phi) is 6.85. The first kappa shape index (κ1) is 18.5. The molecule has 0 unspecified atom stereocenters. The number of guanidine groups is 1. The molecule has 1 aromatic carbocycles. The molecule has 0 amide bonds. The van der Waals surface area contributed by atoms with Crippen molar-refractivity contribution in [1.82, 2.24) is 14.7 Å². The normalized spacial score (nSPS) is 15.3. The summed E-state index contributed by atoms with van der Waals surface area (Å²) in [6.45, 7) is 5.59. The summed E-state index contributed by atoms with van der Waals surface area (Å²) in [4.78, 5) is 13.3. The van der Waals surface area contributed by atoms with Gasteiger partial charge in [-0.3, -0.25) is 9.89 Å². The minimum Gasteiger partial charge on any atom is -0.367 e. The molecule has 1 aliphatic heterocycles. The third-order valence-corrected chi connectivity index (χ3v) is 4.25. The molecule has 1 fully saturated rings. The summed E-state index contributed by atoms with van der Waals surface area (Å²) in [5.74, 6) is 0.875. The quantitative estimate of drug-likeness (QED) is 0.466. The zero-order chi connectivity index (χ0) is 17.5. The van der Waals surface area contributed by atoms with Gasteiger partial charge in [-0.25, -0.2) is 4.39 Å². The lowest BCUT2D eigenvalue weighted by atomic mass is 10.2. The molecule has 1 heterocycles. The molecule has 0 N–H and O–H groups in total. The summed E-state index contributed by atoms with van der Waals surface area (Å²) in [5, 5.41) is 0. The van der Waals surface area contributed by atoms with E-state index in [9.17, 15) is 4.39 Å². The standard InChI is InChI=1S/C18H30FN5/c1-21(2)18(22(3)4)20-10-7-11-23-12-14-24(15-13-23)17-9-6-5-8-16(17)19/h5-6,8-9H,7,10-15H2,1-4H3. The number of hydrogen-bond donors (Lipinski definition) is 0. The molecule has 0 aromatic heterocycles. The fraction of sp³-hybridized carbons (Fsp3) is 0.611. The van der Waals surface area contributed by atoms with Gasteiger partial charge in [-0.2, -0.15) is 0 Å². The van der Waals surface area contributed by atoms with Crippen LogP contribution in [-0.4, -0.2) is 88.1 Å². The third kappa shape index (κ3) is 5.09. The maximum absolute atomic E-state index is 13.8. The van der Waals surface area contributed by atoms with Crippen molar-refractivity contribution in [3.05, 3.63) is 30.1 Å². The highest BCUT2D eigenvalue weighted by atomic mass is 19.1. The lowest BCUT2D eigenvalue weighted by molar-refractivity contribution is 0.255. The first-order valence-corrected chi connectivity index (χ1v) is 8.60. The number of para-hydroxylation sites is 1. The van der Waals surface area contributed by atoms with Crippen LogP contribution in [0.5, 0.6) is 0 Å². The van der Waals surface area contributed by atoms with Crippen LogP contribution in [-0.2, 0) is 0 Å². The topological polar surface area (TPSA) is 25.3 Å². The van der Waals surface area contributed by atoms with Crippen LogP contribution in [0.1, 0.15) is 6.42 Å². The van der Waals surface area contributed by atoms with E-state index in [1.807, 2.05) is 50.1 Å². The van der Waals surface area contributed by atoms with Crippen molar-refractivity contribution in [1.29, 1.82) is 0 Å². The number of aliphatic imine (C=N–C) groups is 1. The molecule has 0 saturated carbocycles. The van der Waals surface area contributed by atoms with Crippen LogP contribution in [0.15, 0.2) is 29.3 Å². The average molecular weight is 335 g/mol. The summed E-state index contributed by atoms with van der Waals surface area (Å²) in [6.07, 6.45) is 1.05. The summed E-state index contributed by atoms with van der Waals surface area (Å²) < 4.78 is 13.8. The summed E-state index contributed by atoms with van der Waals surface area (Å²) in [7, 11) is 8.06. The second-order valence-electron chi connectivity index (χ2n) is 6.60. The van der Waals surface area contributed by atoms with E-state index in [1.165, 1.54) is 6.07 Å². The van der Waals surface area contributed by atoms with Gasteiger partial charge in [0.05, 0.1) is 5.69 Å². The van der Waals surface area contributed by atoms with E-state index in [-0.39, 0.29) is 5.82 Å².